The van der Waals surface area contributed by atoms with Gasteiger partial charge in [0.2, 0.25) is 0 Å². The maximum atomic E-state index is 13.3. The predicted molar refractivity (Wildman–Crippen MR) is 59.5 cm³/mol. The second-order valence-electron chi connectivity index (χ2n) is 3.08. The molecule has 2 rings (SSSR count). The molecule has 0 saturated carbocycles. The van der Waals surface area contributed by atoms with Crippen LogP contribution >= 0.6 is 11.8 Å². The van der Waals surface area contributed by atoms with Gasteiger partial charge in [-0.3, -0.25) is 0 Å². The fourth-order valence-electron chi connectivity index (χ4n) is 1.14. The minimum absolute atomic E-state index is 0.110. The topological polar surface area (TPSA) is 63.1 Å². The van der Waals surface area contributed by atoms with Gasteiger partial charge in [0.25, 0.3) is 0 Å². The van der Waals surface area contributed by atoms with Crippen molar-refractivity contribution in [3.8, 4) is 0 Å². The number of aromatic carboxylic acids is 1. The van der Waals surface area contributed by atoms with Crippen molar-refractivity contribution < 1.29 is 14.3 Å². The van der Waals surface area contributed by atoms with Crippen LogP contribution in [0.5, 0.6) is 0 Å². The smallest absolute Gasteiger partial charge is 0.335 e. The molecular weight excluding hydrogens is 243 g/mol. The van der Waals surface area contributed by atoms with Gasteiger partial charge in [-0.1, -0.05) is 0 Å². The summed E-state index contributed by atoms with van der Waals surface area (Å²) in [6, 6.07) is 5.53. The van der Waals surface area contributed by atoms with Crippen LogP contribution in [0.25, 0.3) is 0 Å². The van der Waals surface area contributed by atoms with E-state index in [2.05, 4.69) is 9.97 Å². The molecule has 1 N–H and O–H groups in total. The minimum Gasteiger partial charge on any atom is -0.478 e. The molecule has 0 amide bonds. The third-order valence-corrected chi connectivity index (χ3v) is 2.83. The largest absolute Gasteiger partial charge is 0.478 e. The molecule has 0 atom stereocenters. The molecule has 86 valence electrons. The third-order valence-electron chi connectivity index (χ3n) is 1.91. The van der Waals surface area contributed by atoms with E-state index >= 15 is 0 Å². The van der Waals surface area contributed by atoms with Crippen LogP contribution in [0, 0.1) is 5.82 Å². The van der Waals surface area contributed by atoms with Gasteiger partial charge in [-0.2, -0.15) is 0 Å². The van der Waals surface area contributed by atoms with E-state index < -0.39 is 11.8 Å². The highest BCUT2D eigenvalue weighted by Gasteiger charge is 2.08. The Labute approximate surface area is 101 Å². The summed E-state index contributed by atoms with van der Waals surface area (Å²) in [6.45, 7) is 0. The Balaban J connectivity index is 2.28. The van der Waals surface area contributed by atoms with Crippen molar-refractivity contribution in [2.45, 2.75) is 10.1 Å². The lowest BCUT2D eigenvalue weighted by Gasteiger charge is -2.01. The molecule has 0 aliphatic heterocycles. The number of aromatic nitrogens is 2. The SMILES string of the molecule is O=C(O)c1ccnc(Sc2ncccc2F)c1. The molecular formula is C11H7FN2O2S. The molecule has 2 aromatic heterocycles. The van der Waals surface area contributed by atoms with Crippen molar-refractivity contribution in [3.63, 3.8) is 0 Å². The van der Waals surface area contributed by atoms with Crippen LogP contribution in [0.1, 0.15) is 10.4 Å². The zero-order valence-corrected chi connectivity index (χ0v) is 9.32. The van der Waals surface area contributed by atoms with E-state index in [9.17, 15) is 9.18 Å². The van der Waals surface area contributed by atoms with Crippen LogP contribution in [0.2, 0.25) is 0 Å². The number of hydrogen-bond donors (Lipinski definition) is 1. The molecule has 0 spiro atoms. The van der Waals surface area contributed by atoms with Crippen LogP contribution < -0.4 is 0 Å². The fraction of sp³-hybridized carbons (Fsp3) is 0. The van der Waals surface area contributed by atoms with Crippen molar-refractivity contribution in [1.82, 2.24) is 9.97 Å². The zero-order valence-electron chi connectivity index (χ0n) is 8.50. The second-order valence-corrected chi connectivity index (χ2v) is 4.09. The van der Waals surface area contributed by atoms with Crippen molar-refractivity contribution in [2.75, 3.05) is 0 Å². The molecule has 0 aliphatic rings. The Morgan fingerprint density at radius 1 is 1.29 bits per heavy atom. The lowest BCUT2D eigenvalue weighted by atomic mass is 10.3. The van der Waals surface area contributed by atoms with E-state index in [1.807, 2.05) is 0 Å². The van der Waals surface area contributed by atoms with E-state index in [0.29, 0.717) is 5.03 Å². The summed E-state index contributed by atoms with van der Waals surface area (Å²) in [5, 5.41) is 9.36. The molecule has 0 aliphatic carbocycles. The lowest BCUT2D eigenvalue weighted by molar-refractivity contribution is 0.0696. The first-order chi connectivity index (χ1) is 8.16. The molecule has 0 fully saturated rings. The standard InChI is InChI=1S/C11H7FN2O2S/c12-8-2-1-4-14-10(8)17-9-6-7(11(15)16)3-5-13-9/h1-6H,(H,15,16). The number of hydrogen-bond acceptors (Lipinski definition) is 4. The van der Waals surface area contributed by atoms with Crippen molar-refractivity contribution in [2.24, 2.45) is 0 Å². The number of rotatable bonds is 3. The number of carbonyl (C=O) groups is 1. The highest BCUT2D eigenvalue weighted by molar-refractivity contribution is 7.99. The summed E-state index contributed by atoms with van der Waals surface area (Å²) in [5.74, 6) is -1.50. The fourth-order valence-corrected chi connectivity index (χ4v) is 1.92. The van der Waals surface area contributed by atoms with Gasteiger partial charge >= 0.3 is 5.97 Å². The molecule has 2 heterocycles. The monoisotopic (exact) mass is 250 g/mol. The summed E-state index contributed by atoms with van der Waals surface area (Å²) < 4.78 is 13.3. The number of nitrogens with zero attached hydrogens (tertiary/aromatic N) is 2. The Kier molecular flexibility index (Phi) is 3.34. The van der Waals surface area contributed by atoms with Gasteiger partial charge in [-0.25, -0.2) is 19.2 Å². The van der Waals surface area contributed by atoms with Gasteiger partial charge in [0.15, 0.2) is 5.82 Å². The van der Waals surface area contributed by atoms with E-state index in [-0.39, 0.29) is 10.6 Å². The van der Waals surface area contributed by atoms with E-state index in [1.165, 1.54) is 36.7 Å². The van der Waals surface area contributed by atoms with E-state index in [0.717, 1.165) is 11.8 Å². The molecule has 0 radical (unpaired) electrons. The summed E-state index contributed by atoms with van der Waals surface area (Å²) >= 11 is 0.985. The summed E-state index contributed by atoms with van der Waals surface area (Å²) in [7, 11) is 0. The van der Waals surface area contributed by atoms with Crippen molar-refractivity contribution >= 4 is 17.7 Å². The number of pyridine rings is 2. The predicted octanol–water partition coefficient (Wildman–Crippen LogP) is 2.47. The van der Waals surface area contributed by atoms with Gasteiger partial charge in [0, 0.05) is 12.4 Å². The van der Waals surface area contributed by atoms with Gasteiger partial charge in [-0.15, -0.1) is 0 Å². The van der Waals surface area contributed by atoms with Gasteiger partial charge < -0.3 is 5.11 Å². The molecule has 0 unspecified atom stereocenters. The zero-order chi connectivity index (χ0) is 12.3. The average molecular weight is 250 g/mol. The first-order valence-electron chi connectivity index (χ1n) is 4.64. The molecule has 17 heavy (non-hydrogen) atoms. The quantitative estimate of drug-likeness (QED) is 0.906. The van der Waals surface area contributed by atoms with Crippen LogP contribution in [0.15, 0.2) is 46.7 Å². The minimum atomic E-state index is -1.05. The Hall–Kier alpha value is -1.95. The third kappa shape index (κ3) is 2.79. The highest BCUT2D eigenvalue weighted by atomic mass is 32.2. The Morgan fingerprint density at radius 3 is 2.82 bits per heavy atom. The molecule has 6 heteroatoms. The summed E-state index contributed by atoms with van der Waals surface area (Å²) in [5.41, 5.74) is 0.110. The van der Waals surface area contributed by atoms with Crippen LogP contribution in [-0.2, 0) is 0 Å². The number of carboxylic acids is 1. The van der Waals surface area contributed by atoms with Crippen LogP contribution in [0.3, 0.4) is 0 Å². The molecule has 4 nitrogen and oxygen atoms in total. The first-order valence-corrected chi connectivity index (χ1v) is 5.46. The first kappa shape index (κ1) is 11.5. The average Bonchev–Trinajstić information content (AvgIpc) is 2.32. The highest BCUT2D eigenvalue weighted by Crippen LogP contribution is 2.26. The van der Waals surface area contributed by atoms with Gasteiger partial charge in [0.1, 0.15) is 10.1 Å². The lowest BCUT2D eigenvalue weighted by Crippen LogP contribution is -1.97. The van der Waals surface area contributed by atoms with E-state index in [1.54, 1.807) is 0 Å². The van der Waals surface area contributed by atoms with Crippen LogP contribution in [-0.4, -0.2) is 21.0 Å². The van der Waals surface area contributed by atoms with Gasteiger partial charge in [0.05, 0.1) is 5.56 Å². The Morgan fingerprint density at radius 2 is 2.12 bits per heavy atom. The van der Waals surface area contributed by atoms with Crippen molar-refractivity contribution in [1.29, 1.82) is 0 Å². The Bertz CT molecular complexity index is 563. The van der Waals surface area contributed by atoms with E-state index in [4.69, 9.17) is 5.11 Å². The van der Waals surface area contributed by atoms with Gasteiger partial charge in [-0.05, 0) is 36.0 Å². The number of carboxylic acid groups (broad SMARTS) is 1. The maximum Gasteiger partial charge on any atom is 0.335 e. The normalized spacial score (nSPS) is 10.2. The summed E-state index contributed by atoms with van der Waals surface area (Å²) in [6.07, 6.45) is 2.83. The molecule has 0 bridgehead atoms. The number of halogens is 1. The van der Waals surface area contributed by atoms with Crippen molar-refractivity contribution in [3.05, 3.63) is 48.0 Å². The molecule has 0 aromatic carbocycles. The summed E-state index contributed by atoms with van der Waals surface area (Å²) in [4.78, 5) is 18.5. The van der Waals surface area contributed by atoms with Crippen LogP contribution in [0.4, 0.5) is 4.39 Å². The molecule has 2 aromatic rings. The molecule has 0 saturated heterocycles. The second kappa shape index (κ2) is 4.92. The maximum absolute atomic E-state index is 13.3.